The van der Waals surface area contributed by atoms with Gasteiger partial charge in [-0.15, -0.1) is 10.2 Å². The van der Waals surface area contributed by atoms with Gasteiger partial charge in [-0.25, -0.2) is 0 Å². The van der Waals surface area contributed by atoms with Crippen molar-refractivity contribution in [2.45, 2.75) is 32.6 Å². The predicted molar refractivity (Wildman–Crippen MR) is 89.6 cm³/mol. The summed E-state index contributed by atoms with van der Waals surface area (Å²) in [5.41, 5.74) is 0.839. The van der Waals surface area contributed by atoms with Crippen molar-refractivity contribution < 1.29 is 13.9 Å². The molecule has 0 radical (unpaired) electrons. The van der Waals surface area contributed by atoms with E-state index in [1.807, 2.05) is 29.2 Å². The SMILES string of the molecule is COc1ccc(-c2nnc(CCC(=O)N3CCCC(C)C3)o2)cc1. The topological polar surface area (TPSA) is 68.5 Å². The summed E-state index contributed by atoms with van der Waals surface area (Å²) in [5, 5.41) is 8.11. The highest BCUT2D eigenvalue weighted by atomic mass is 16.5. The Bertz CT molecular complexity index is 681. The fourth-order valence-electron chi connectivity index (χ4n) is 2.99. The number of aromatic nitrogens is 2. The maximum atomic E-state index is 12.3. The lowest BCUT2D eigenvalue weighted by Gasteiger charge is -2.30. The first-order valence-corrected chi connectivity index (χ1v) is 8.40. The molecule has 0 aliphatic carbocycles. The molecule has 1 amide bonds. The van der Waals surface area contributed by atoms with E-state index in [9.17, 15) is 4.79 Å². The number of ether oxygens (including phenoxy) is 1. The standard InChI is InChI=1S/C18H23N3O3/c1-13-4-3-11-21(12-13)17(22)10-9-16-19-20-18(24-16)14-5-7-15(23-2)8-6-14/h5-8,13H,3-4,9-12H2,1-2H3. The summed E-state index contributed by atoms with van der Waals surface area (Å²) < 4.78 is 10.8. The van der Waals surface area contributed by atoms with Crippen molar-refractivity contribution in [2.75, 3.05) is 20.2 Å². The monoisotopic (exact) mass is 329 g/mol. The number of carbonyl (C=O) groups is 1. The Hall–Kier alpha value is -2.37. The Morgan fingerprint density at radius 3 is 2.83 bits per heavy atom. The van der Waals surface area contributed by atoms with Gasteiger partial charge in [0.1, 0.15) is 5.75 Å². The Labute approximate surface area is 141 Å². The van der Waals surface area contributed by atoms with E-state index in [-0.39, 0.29) is 5.91 Å². The molecule has 1 aliphatic heterocycles. The molecule has 1 unspecified atom stereocenters. The summed E-state index contributed by atoms with van der Waals surface area (Å²) in [4.78, 5) is 14.2. The third-order valence-corrected chi connectivity index (χ3v) is 4.37. The van der Waals surface area contributed by atoms with Crippen molar-refractivity contribution >= 4 is 5.91 Å². The average molecular weight is 329 g/mol. The van der Waals surface area contributed by atoms with Crippen LogP contribution in [-0.4, -0.2) is 41.2 Å². The van der Waals surface area contributed by atoms with E-state index in [4.69, 9.17) is 9.15 Å². The summed E-state index contributed by atoms with van der Waals surface area (Å²) in [5.74, 6) is 2.50. The Morgan fingerprint density at radius 1 is 1.33 bits per heavy atom. The molecule has 6 nitrogen and oxygen atoms in total. The summed E-state index contributed by atoms with van der Waals surface area (Å²) in [6.07, 6.45) is 3.19. The zero-order valence-corrected chi connectivity index (χ0v) is 14.2. The van der Waals surface area contributed by atoms with E-state index < -0.39 is 0 Å². The molecule has 1 aliphatic rings. The molecule has 3 rings (SSSR count). The van der Waals surface area contributed by atoms with E-state index in [0.29, 0.717) is 30.5 Å². The van der Waals surface area contributed by atoms with E-state index in [0.717, 1.165) is 30.8 Å². The maximum absolute atomic E-state index is 12.3. The molecule has 1 aromatic carbocycles. The van der Waals surface area contributed by atoms with E-state index in [2.05, 4.69) is 17.1 Å². The molecule has 1 saturated heterocycles. The number of nitrogens with zero attached hydrogens (tertiary/aromatic N) is 3. The first kappa shape index (κ1) is 16.5. The van der Waals surface area contributed by atoms with Crippen LogP contribution in [0.3, 0.4) is 0 Å². The number of carbonyl (C=O) groups excluding carboxylic acids is 1. The van der Waals surface area contributed by atoms with Crippen LogP contribution in [0.1, 0.15) is 32.1 Å². The summed E-state index contributed by atoms with van der Waals surface area (Å²) in [6, 6.07) is 7.44. The lowest BCUT2D eigenvalue weighted by molar-refractivity contribution is -0.132. The van der Waals surface area contributed by atoms with Gasteiger partial charge in [0.25, 0.3) is 0 Å². The van der Waals surface area contributed by atoms with Crippen LogP contribution in [0.15, 0.2) is 28.7 Å². The van der Waals surface area contributed by atoms with Gasteiger partial charge in [-0.2, -0.15) is 0 Å². The van der Waals surface area contributed by atoms with Crippen LogP contribution in [0.25, 0.3) is 11.5 Å². The van der Waals surface area contributed by atoms with Crippen molar-refractivity contribution in [2.24, 2.45) is 5.92 Å². The second kappa shape index (κ2) is 7.47. The molecule has 2 heterocycles. The molecule has 6 heteroatoms. The molecular weight excluding hydrogens is 306 g/mol. The van der Waals surface area contributed by atoms with Crippen LogP contribution >= 0.6 is 0 Å². The molecule has 1 fully saturated rings. The highest BCUT2D eigenvalue weighted by Crippen LogP contribution is 2.22. The molecule has 0 saturated carbocycles. The molecule has 1 aromatic heterocycles. The Kier molecular flexibility index (Phi) is 5.13. The average Bonchev–Trinajstić information content (AvgIpc) is 3.09. The van der Waals surface area contributed by atoms with Crippen molar-refractivity contribution in [3.8, 4) is 17.2 Å². The molecule has 0 spiro atoms. The molecule has 0 bridgehead atoms. The molecule has 24 heavy (non-hydrogen) atoms. The first-order chi connectivity index (χ1) is 11.7. The van der Waals surface area contributed by atoms with Crippen molar-refractivity contribution in [1.29, 1.82) is 0 Å². The fraction of sp³-hybridized carbons (Fsp3) is 0.500. The van der Waals surface area contributed by atoms with E-state index in [1.165, 1.54) is 6.42 Å². The van der Waals surface area contributed by atoms with Gasteiger partial charge in [-0.3, -0.25) is 4.79 Å². The normalized spacial score (nSPS) is 17.8. The van der Waals surface area contributed by atoms with Gasteiger partial charge in [-0.05, 0) is 43.0 Å². The minimum absolute atomic E-state index is 0.172. The predicted octanol–water partition coefficient (Wildman–Crippen LogP) is 2.94. The summed E-state index contributed by atoms with van der Waals surface area (Å²) in [7, 11) is 1.62. The lowest BCUT2D eigenvalue weighted by atomic mass is 10.00. The van der Waals surface area contributed by atoms with E-state index >= 15 is 0 Å². The second-order valence-electron chi connectivity index (χ2n) is 6.32. The van der Waals surface area contributed by atoms with Gasteiger partial charge in [-0.1, -0.05) is 6.92 Å². The number of likely N-dealkylation sites (tertiary alicyclic amines) is 1. The molecule has 128 valence electrons. The molecule has 0 N–H and O–H groups in total. The second-order valence-corrected chi connectivity index (χ2v) is 6.32. The number of aryl methyl sites for hydroxylation is 1. The highest BCUT2D eigenvalue weighted by Gasteiger charge is 2.21. The smallest absolute Gasteiger partial charge is 0.247 e. The van der Waals surface area contributed by atoms with Gasteiger partial charge in [0.2, 0.25) is 17.7 Å². The van der Waals surface area contributed by atoms with Gasteiger partial charge in [0, 0.05) is 31.5 Å². The number of rotatable bonds is 5. The summed E-state index contributed by atoms with van der Waals surface area (Å²) >= 11 is 0. The molecule has 1 atom stereocenters. The summed E-state index contributed by atoms with van der Waals surface area (Å²) in [6.45, 7) is 3.92. The number of hydrogen-bond acceptors (Lipinski definition) is 5. The third-order valence-electron chi connectivity index (χ3n) is 4.37. The minimum atomic E-state index is 0.172. The van der Waals surface area contributed by atoms with Crippen molar-refractivity contribution in [1.82, 2.24) is 15.1 Å². The number of benzene rings is 1. The van der Waals surface area contributed by atoms with Crippen LogP contribution in [0.2, 0.25) is 0 Å². The van der Waals surface area contributed by atoms with Crippen LogP contribution in [0.5, 0.6) is 5.75 Å². The van der Waals surface area contributed by atoms with Gasteiger partial charge >= 0.3 is 0 Å². The van der Waals surface area contributed by atoms with E-state index in [1.54, 1.807) is 7.11 Å². The van der Waals surface area contributed by atoms with Crippen LogP contribution in [0, 0.1) is 5.92 Å². The fourth-order valence-corrected chi connectivity index (χ4v) is 2.99. The van der Waals surface area contributed by atoms with Crippen molar-refractivity contribution in [3.05, 3.63) is 30.2 Å². The van der Waals surface area contributed by atoms with Crippen LogP contribution in [-0.2, 0) is 11.2 Å². The minimum Gasteiger partial charge on any atom is -0.497 e. The number of hydrogen-bond donors (Lipinski definition) is 0. The van der Waals surface area contributed by atoms with Gasteiger partial charge in [0.05, 0.1) is 7.11 Å². The van der Waals surface area contributed by atoms with Crippen LogP contribution < -0.4 is 4.74 Å². The zero-order valence-electron chi connectivity index (χ0n) is 14.2. The molecular formula is C18H23N3O3. The van der Waals surface area contributed by atoms with Crippen LogP contribution in [0.4, 0.5) is 0 Å². The number of methoxy groups -OCH3 is 1. The van der Waals surface area contributed by atoms with Gasteiger partial charge in [0.15, 0.2) is 0 Å². The number of amides is 1. The zero-order chi connectivity index (χ0) is 16.9. The maximum Gasteiger partial charge on any atom is 0.247 e. The molecule has 2 aromatic rings. The van der Waals surface area contributed by atoms with Gasteiger partial charge < -0.3 is 14.1 Å². The lowest BCUT2D eigenvalue weighted by Crippen LogP contribution is -2.39. The van der Waals surface area contributed by atoms with Crippen molar-refractivity contribution in [3.63, 3.8) is 0 Å². The Balaban J connectivity index is 1.56. The number of piperidine rings is 1. The first-order valence-electron chi connectivity index (χ1n) is 8.40. The highest BCUT2D eigenvalue weighted by molar-refractivity contribution is 5.76. The third kappa shape index (κ3) is 3.93. The Morgan fingerprint density at radius 2 is 2.12 bits per heavy atom. The largest absolute Gasteiger partial charge is 0.497 e. The quantitative estimate of drug-likeness (QED) is 0.843.